The summed E-state index contributed by atoms with van der Waals surface area (Å²) < 4.78 is 0. The minimum atomic E-state index is 0.188. The smallest absolute Gasteiger partial charge is 0.223 e. The van der Waals surface area contributed by atoms with Crippen LogP contribution in [0.2, 0.25) is 0 Å². The van der Waals surface area contributed by atoms with Gasteiger partial charge in [0.25, 0.3) is 0 Å². The molecule has 0 aliphatic carbocycles. The zero-order valence-corrected chi connectivity index (χ0v) is 11.4. The third kappa shape index (κ3) is 3.05. The van der Waals surface area contributed by atoms with E-state index >= 15 is 0 Å². The summed E-state index contributed by atoms with van der Waals surface area (Å²) >= 11 is 0. The second-order valence-electron chi connectivity index (χ2n) is 4.58. The zero-order valence-electron chi connectivity index (χ0n) is 11.4. The second kappa shape index (κ2) is 6.23. The monoisotopic (exact) mass is 256 g/mol. The summed E-state index contributed by atoms with van der Waals surface area (Å²) in [6, 6.07) is 8.18. The SMILES string of the molecule is C=CCN(CC)C(=O)CCc1c[nH]c2ccccc12. The Morgan fingerprint density at radius 3 is 2.95 bits per heavy atom. The van der Waals surface area contributed by atoms with Gasteiger partial charge in [-0.25, -0.2) is 0 Å². The molecule has 1 aromatic carbocycles. The summed E-state index contributed by atoms with van der Waals surface area (Å²) in [4.78, 5) is 17.1. The highest BCUT2D eigenvalue weighted by atomic mass is 16.2. The summed E-state index contributed by atoms with van der Waals surface area (Å²) in [7, 11) is 0. The molecule has 2 aromatic rings. The number of likely N-dealkylation sites (N-methyl/N-ethyl adjacent to an activating group) is 1. The van der Waals surface area contributed by atoms with Crippen molar-refractivity contribution in [3.8, 4) is 0 Å². The molecule has 3 heteroatoms. The summed E-state index contributed by atoms with van der Waals surface area (Å²) in [6.45, 7) is 7.04. The van der Waals surface area contributed by atoms with Gasteiger partial charge in [0.15, 0.2) is 0 Å². The van der Waals surface area contributed by atoms with E-state index in [1.54, 1.807) is 6.08 Å². The number of aryl methyl sites for hydroxylation is 1. The van der Waals surface area contributed by atoms with Crippen LogP contribution in [0, 0.1) is 0 Å². The molecule has 0 saturated heterocycles. The van der Waals surface area contributed by atoms with Crippen LogP contribution in [0.5, 0.6) is 0 Å². The molecule has 1 amide bonds. The lowest BCUT2D eigenvalue weighted by atomic mass is 10.1. The summed E-state index contributed by atoms with van der Waals surface area (Å²) in [5, 5.41) is 1.21. The van der Waals surface area contributed by atoms with Crippen molar-refractivity contribution >= 4 is 16.8 Å². The Hall–Kier alpha value is -2.03. The van der Waals surface area contributed by atoms with Crippen molar-refractivity contribution in [2.75, 3.05) is 13.1 Å². The molecule has 3 nitrogen and oxygen atoms in total. The fourth-order valence-electron chi connectivity index (χ4n) is 2.30. The highest BCUT2D eigenvalue weighted by Crippen LogP contribution is 2.19. The first-order valence-electron chi connectivity index (χ1n) is 6.70. The maximum Gasteiger partial charge on any atom is 0.223 e. The molecular formula is C16H20N2O. The number of benzene rings is 1. The third-order valence-electron chi connectivity index (χ3n) is 3.37. The first kappa shape index (κ1) is 13.4. The number of fused-ring (bicyclic) bond motifs is 1. The lowest BCUT2D eigenvalue weighted by Gasteiger charge is -2.18. The topological polar surface area (TPSA) is 36.1 Å². The number of nitrogens with one attached hydrogen (secondary N) is 1. The van der Waals surface area contributed by atoms with Crippen LogP contribution in [0.4, 0.5) is 0 Å². The highest BCUT2D eigenvalue weighted by molar-refractivity contribution is 5.84. The Morgan fingerprint density at radius 2 is 2.21 bits per heavy atom. The molecule has 100 valence electrons. The van der Waals surface area contributed by atoms with Gasteiger partial charge in [0.05, 0.1) is 0 Å². The molecule has 1 aromatic heterocycles. The van der Waals surface area contributed by atoms with Gasteiger partial charge in [-0.3, -0.25) is 4.79 Å². The molecular weight excluding hydrogens is 236 g/mol. The largest absolute Gasteiger partial charge is 0.361 e. The van der Waals surface area contributed by atoms with Crippen molar-refractivity contribution in [3.63, 3.8) is 0 Å². The molecule has 0 bridgehead atoms. The summed E-state index contributed by atoms with van der Waals surface area (Å²) in [6.07, 6.45) is 5.09. The van der Waals surface area contributed by atoms with E-state index in [4.69, 9.17) is 0 Å². The molecule has 0 spiro atoms. The quantitative estimate of drug-likeness (QED) is 0.792. The van der Waals surface area contributed by atoms with Crippen LogP contribution < -0.4 is 0 Å². The van der Waals surface area contributed by atoms with E-state index < -0.39 is 0 Å². The average molecular weight is 256 g/mol. The van der Waals surface area contributed by atoms with Crippen LogP contribution in [0.3, 0.4) is 0 Å². The Labute approximate surface area is 113 Å². The minimum absolute atomic E-state index is 0.188. The number of nitrogens with zero attached hydrogens (tertiary/aromatic N) is 1. The molecule has 1 heterocycles. The van der Waals surface area contributed by atoms with Gasteiger partial charge in [0, 0.05) is 36.6 Å². The van der Waals surface area contributed by atoms with E-state index in [1.165, 1.54) is 10.9 Å². The van der Waals surface area contributed by atoms with E-state index in [-0.39, 0.29) is 5.91 Å². The number of para-hydroxylation sites is 1. The number of amides is 1. The number of hydrogen-bond acceptors (Lipinski definition) is 1. The summed E-state index contributed by atoms with van der Waals surface area (Å²) in [5.74, 6) is 0.188. The van der Waals surface area contributed by atoms with Gasteiger partial charge in [-0.05, 0) is 25.0 Å². The van der Waals surface area contributed by atoms with Crippen LogP contribution in [-0.4, -0.2) is 28.9 Å². The third-order valence-corrected chi connectivity index (χ3v) is 3.37. The molecule has 0 atom stereocenters. The Balaban J connectivity index is 2.02. The van der Waals surface area contributed by atoms with Crippen LogP contribution in [0.1, 0.15) is 18.9 Å². The second-order valence-corrected chi connectivity index (χ2v) is 4.58. The number of aromatic amines is 1. The van der Waals surface area contributed by atoms with Crippen molar-refractivity contribution < 1.29 is 4.79 Å². The number of rotatable bonds is 6. The van der Waals surface area contributed by atoms with Gasteiger partial charge in [-0.1, -0.05) is 24.3 Å². The molecule has 1 N–H and O–H groups in total. The van der Waals surface area contributed by atoms with Gasteiger partial charge in [-0.15, -0.1) is 6.58 Å². The first-order chi connectivity index (χ1) is 9.26. The molecule has 19 heavy (non-hydrogen) atoms. The fourth-order valence-corrected chi connectivity index (χ4v) is 2.30. The molecule has 2 rings (SSSR count). The van der Waals surface area contributed by atoms with Crippen LogP contribution >= 0.6 is 0 Å². The van der Waals surface area contributed by atoms with E-state index in [0.29, 0.717) is 13.0 Å². The van der Waals surface area contributed by atoms with Crippen molar-refractivity contribution in [2.24, 2.45) is 0 Å². The number of carbonyl (C=O) groups is 1. The van der Waals surface area contributed by atoms with Crippen LogP contribution in [0.15, 0.2) is 43.1 Å². The van der Waals surface area contributed by atoms with Crippen LogP contribution in [0.25, 0.3) is 10.9 Å². The van der Waals surface area contributed by atoms with Crippen LogP contribution in [-0.2, 0) is 11.2 Å². The van der Waals surface area contributed by atoms with Gasteiger partial charge < -0.3 is 9.88 Å². The lowest BCUT2D eigenvalue weighted by Crippen LogP contribution is -2.30. The van der Waals surface area contributed by atoms with Crippen molar-refractivity contribution in [1.29, 1.82) is 0 Å². The van der Waals surface area contributed by atoms with E-state index in [9.17, 15) is 4.79 Å². The van der Waals surface area contributed by atoms with E-state index in [0.717, 1.165) is 18.5 Å². The molecule has 0 fully saturated rings. The lowest BCUT2D eigenvalue weighted by molar-refractivity contribution is -0.130. The van der Waals surface area contributed by atoms with Crippen molar-refractivity contribution in [1.82, 2.24) is 9.88 Å². The number of H-pyrrole nitrogens is 1. The van der Waals surface area contributed by atoms with E-state index in [1.807, 2.05) is 30.2 Å². The fraction of sp³-hybridized carbons (Fsp3) is 0.312. The molecule has 0 unspecified atom stereocenters. The molecule has 0 aliphatic rings. The standard InChI is InChI=1S/C16H20N2O/c1-3-11-18(4-2)16(19)10-9-13-12-17-15-8-6-5-7-14(13)15/h3,5-8,12,17H,1,4,9-11H2,2H3. The molecule has 0 aliphatic heterocycles. The number of hydrogen-bond donors (Lipinski definition) is 1. The molecule has 0 radical (unpaired) electrons. The maximum atomic E-state index is 12.1. The Morgan fingerprint density at radius 1 is 1.42 bits per heavy atom. The average Bonchev–Trinajstić information content (AvgIpc) is 2.85. The normalized spacial score (nSPS) is 10.6. The predicted octanol–water partition coefficient (Wildman–Crippen LogP) is 3.14. The van der Waals surface area contributed by atoms with Gasteiger partial charge in [0.2, 0.25) is 5.91 Å². The Bertz CT molecular complexity index is 571. The number of aromatic nitrogens is 1. The Kier molecular flexibility index (Phi) is 4.39. The minimum Gasteiger partial charge on any atom is -0.361 e. The zero-order chi connectivity index (χ0) is 13.7. The first-order valence-corrected chi connectivity index (χ1v) is 6.70. The van der Waals surface area contributed by atoms with Gasteiger partial charge >= 0.3 is 0 Å². The van der Waals surface area contributed by atoms with Gasteiger partial charge in [0.1, 0.15) is 0 Å². The van der Waals surface area contributed by atoms with E-state index in [2.05, 4.69) is 23.7 Å². The maximum absolute atomic E-state index is 12.1. The molecule has 0 saturated carbocycles. The highest BCUT2D eigenvalue weighted by Gasteiger charge is 2.11. The summed E-state index contributed by atoms with van der Waals surface area (Å²) in [5.41, 5.74) is 2.34. The predicted molar refractivity (Wildman–Crippen MR) is 79.1 cm³/mol. The van der Waals surface area contributed by atoms with Crippen molar-refractivity contribution in [2.45, 2.75) is 19.8 Å². The number of carbonyl (C=O) groups excluding carboxylic acids is 1. The van der Waals surface area contributed by atoms with Gasteiger partial charge in [-0.2, -0.15) is 0 Å². The van der Waals surface area contributed by atoms with Crippen molar-refractivity contribution in [3.05, 3.63) is 48.7 Å².